The quantitative estimate of drug-likeness (QED) is 0.807. The van der Waals surface area contributed by atoms with E-state index in [0.29, 0.717) is 11.8 Å². The van der Waals surface area contributed by atoms with Gasteiger partial charge < -0.3 is 4.74 Å². The van der Waals surface area contributed by atoms with Gasteiger partial charge in [0.25, 0.3) is 0 Å². The molecule has 0 atom stereocenters. The summed E-state index contributed by atoms with van der Waals surface area (Å²) in [5, 5.41) is 4.85. The van der Waals surface area contributed by atoms with Crippen molar-refractivity contribution in [1.82, 2.24) is 9.78 Å². The molecular formula is C14H15ClN2O2. The minimum Gasteiger partial charge on any atom is -0.465 e. The number of rotatable bonds is 4. The number of carbonyl (C=O) groups excluding carboxylic acids is 1. The fourth-order valence-corrected chi connectivity index (χ4v) is 2.02. The van der Waals surface area contributed by atoms with Crippen molar-refractivity contribution in [2.24, 2.45) is 0 Å². The van der Waals surface area contributed by atoms with Crippen LogP contribution in [0.4, 0.5) is 0 Å². The normalized spacial score (nSPS) is 10.5. The number of benzene rings is 1. The highest BCUT2D eigenvalue weighted by Gasteiger charge is 2.16. The predicted octanol–water partition coefficient (Wildman–Crippen LogP) is 3.08. The zero-order valence-electron chi connectivity index (χ0n) is 10.9. The lowest BCUT2D eigenvalue weighted by atomic mass is 10.1. The van der Waals surface area contributed by atoms with Crippen LogP contribution < -0.4 is 0 Å². The summed E-state index contributed by atoms with van der Waals surface area (Å²) < 4.78 is 6.37. The fourth-order valence-electron chi connectivity index (χ4n) is 1.83. The SMILES string of the molecule is CCOC(=O)Cn1nc(-c2ccccc2)c(C)c1Cl. The average Bonchev–Trinajstić information content (AvgIpc) is 2.68. The van der Waals surface area contributed by atoms with Crippen molar-refractivity contribution in [3.63, 3.8) is 0 Å². The molecule has 1 heterocycles. The number of halogens is 1. The van der Waals surface area contributed by atoms with Gasteiger partial charge in [-0.3, -0.25) is 4.79 Å². The van der Waals surface area contributed by atoms with E-state index in [9.17, 15) is 4.79 Å². The minimum absolute atomic E-state index is 0.0281. The van der Waals surface area contributed by atoms with E-state index in [1.807, 2.05) is 37.3 Å². The van der Waals surface area contributed by atoms with Gasteiger partial charge in [0.1, 0.15) is 11.7 Å². The van der Waals surface area contributed by atoms with Gasteiger partial charge >= 0.3 is 5.97 Å². The van der Waals surface area contributed by atoms with Crippen molar-refractivity contribution >= 4 is 17.6 Å². The Kier molecular flexibility index (Phi) is 4.22. The molecule has 0 aliphatic heterocycles. The molecule has 100 valence electrons. The maximum atomic E-state index is 11.5. The monoisotopic (exact) mass is 278 g/mol. The standard InChI is InChI=1S/C14H15ClN2O2/c1-3-19-12(18)9-17-14(15)10(2)13(16-17)11-7-5-4-6-8-11/h4-8H,3,9H2,1-2H3. The van der Waals surface area contributed by atoms with Crippen molar-refractivity contribution in [2.75, 3.05) is 6.61 Å². The molecule has 0 bridgehead atoms. The highest BCUT2D eigenvalue weighted by atomic mass is 35.5. The summed E-state index contributed by atoms with van der Waals surface area (Å²) in [6, 6.07) is 9.73. The molecule has 1 aromatic carbocycles. The molecule has 0 N–H and O–H groups in total. The first-order valence-corrected chi connectivity index (χ1v) is 6.45. The molecule has 0 saturated carbocycles. The highest BCUT2D eigenvalue weighted by molar-refractivity contribution is 6.30. The first kappa shape index (κ1) is 13.6. The number of esters is 1. The third-order valence-corrected chi connectivity index (χ3v) is 3.22. The zero-order chi connectivity index (χ0) is 13.8. The minimum atomic E-state index is -0.341. The number of ether oxygens (including phenoxy) is 1. The van der Waals surface area contributed by atoms with Crippen LogP contribution in [0.2, 0.25) is 5.15 Å². The van der Waals surface area contributed by atoms with Crippen LogP contribution in [0.1, 0.15) is 12.5 Å². The lowest BCUT2D eigenvalue weighted by Crippen LogP contribution is -2.14. The molecule has 0 aliphatic carbocycles. The van der Waals surface area contributed by atoms with Crippen LogP contribution in [-0.2, 0) is 16.1 Å². The number of aromatic nitrogens is 2. The molecule has 0 radical (unpaired) electrons. The summed E-state index contributed by atoms with van der Waals surface area (Å²) >= 11 is 6.20. The highest BCUT2D eigenvalue weighted by Crippen LogP contribution is 2.27. The van der Waals surface area contributed by atoms with E-state index in [1.165, 1.54) is 4.68 Å². The van der Waals surface area contributed by atoms with Gasteiger partial charge in [0.15, 0.2) is 0 Å². The van der Waals surface area contributed by atoms with Gasteiger partial charge in [-0.25, -0.2) is 4.68 Å². The number of nitrogens with zero attached hydrogens (tertiary/aromatic N) is 2. The number of hydrogen-bond acceptors (Lipinski definition) is 3. The Hall–Kier alpha value is -1.81. The molecule has 0 saturated heterocycles. The van der Waals surface area contributed by atoms with E-state index in [4.69, 9.17) is 16.3 Å². The van der Waals surface area contributed by atoms with Crippen LogP contribution in [0.15, 0.2) is 30.3 Å². The molecule has 1 aromatic heterocycles. The van der Waals surface area contributed by atoms with E-state index in [2.05, 4.69) is 5.10 Å². The van der Waals surface area contributed by atoms with Crippen LogP contribution in [-0.4, -0.2) is 22.4 Å². The summed E-state index contributed by atoms with van der Waals surface area (Å²) in [4.78, 5) is 11.5. The second-order valence-corrected chi connectivity index (χ2v) is 4.45. The Morgan fingerprint density at radius 3 is 2.68 bits per heavy atom. The zero-order valence-corrected chi connectivity index (χ0v) is 11.6. The maximum Gasteiger partial charge on any atom is 0.327 e. The Morgan fingerprint density at radius 2 is 2.05 bits per heavy atom. The first-order chi connectivity index (χ1) is 9.13. The van der Waals surface area contributed by atoms with E-state index >= 15 is 0 Å². The smallest absolute Gasteiger partial charge is 0.327 e. The van der Waals surface area contributed by atoms with Gasteiger partial charge in [0.2, 0.25) is 0 Å². The molecule has 4 nitrogen and oxygen atoms in total. The van der Waals surface area contributed by atoms with Gasteiger partial charge in [0.05, 0.1) is 12.3 Å². The molecule has 0 fully saturated rings. The van der Waals surface area contributed by atoms with Crippen molar-refractivity contribution in [2.45, 2.75) is 20.4 Å². The van der Waals surface area contributed by atoms with E-state index in [1.54, 1.807) is 6.92 Å². The van der Waals surface area contributed by atoms with Gasteiger partial charge in [-0.15, -0.1) is 0 Å². The van der Waals surface area contributed by atoms with Gasteiger partial charge in [-0.1, -0.05) is 41.9 Å². The Bertz CT molecular complexity index is 579. The van der Waals surface area contributed by atoms with Crippen molar-refractivity contribution in [1.29, 1.82) is 0 Å². The Labute approximate surface area is 116 Å². The molecule has 0 aliphatic rings. The topological polar surface area (TPSA) is 44.1 Å². The van der Waals surface area contributed by atoms with Gasteiger partial charge in [0, 0.05) is 11.1 Å². The summed E-state index contributed by atoms with van der Waals surface area (Å²) in [5.74, 6) is -0.341. The van der Waals surface area contributed by atoms with E-state index in [-0.39, 0.29) is 12.5 Å². The third kappa shape index (κ3) is 2.96. The summed E-state index contributed by atoms with van der Waals surface area (Å²) in [6.07, 6.45) is 0. The first-order valence-electron chi connectivity index (χ1n) is 6.07. The molecule has 19 heavy (non-hydrogen) atoms. The predicted molar refractivity (Wildman–Crippen MR) is 74.0 cm³/mol. The largest absolute Gasteiger partial charge is 0.465 e. The molecule has 0 unspecified atom stereocenters. The van der Waals surface area contributed by atoms with Crippen molar-refractivity contribution < 1.29 is 9.53 Å². The molecule has 2 rings (SSSR count). The second-order valence-electron chi connectivity index (χ2n) is 4.09. The summed E-state index contributed by atoms with van der Waals surface area (Å²) in [5.41, 5.74) is 2.62. The van der Waals surface area contributed by atoms with Crippen LogP contribution >= 0.6 is 11.6 Å². The lowest BCUT2D eigenvalue weighted by Gasteiger charge is -2.02. The summed E-state index contributed by atoms with van der Waals surface area (Å²) in [7, 11) is 0. The average molecular weight is 279 g/mol. The maximum absolute atomic E-state index is 11.5. The molecule has 0 spiro atoms. The fraction of sp³-hybridized carbons (Fsp3) is 0.286. The van der Waals surface area contributed by atoms with E-state index in [0.717, 1.165) is 16.8 Å². The number of carbonyl (C=O) groups is 1. The number of hydrogen-bond donors (Lipinski definition) is 0. The molecule has 0 amide bonds. The Balaban J connectivity index is 2.31. The van der Waals surface area contributed by atoms with Crippen molar-refractivity contribution in [3.05, 3.63) is 41.0 Å². The van der Waals surface area contributed by atoms with E-state index < -0.39 is 0 Å². The summed E-state index contributed by atoms with van der Waals surface area (Å²) in [6.45, 7) is 4.03. The molecular weight excluding hydrogens is 264 g/mol. The second kappa shape index (κ2) is 5.89. The Morgan fingerprint density at radius 1 is 1.37 bits per heavy atom. The molecule has 2 aromatic rings. The van der Waals surface area contributed by atoms with Crippen LogP contribution in [0.3, 0.4) is 0 Å². The van der Waals surface area contributed by atoms with Gasteiger partial charge in [-0.2, -0.15) is 5.10 Å². The van der Waals surface area contributed by atoms with Crippen LogP contribution in [0.25, 0.3) is 11.3 Å². The lowest BCUT2D eigenvalue weighted by molar-refractivity contribution is -0.144. The van der Waals surface area contributed by atoms with Crippen LogP contribution in [0, 0.1) is 6.92 Å². The van der Waals surface area contributed by atoms with Crippen molar-refractivity contribution in [3.8, 4) is 11.3 Å². The van der Waals surface area contributed by atoms with Gasteiger partial charge in [-0.05, 0) is 13.8 Å². The third-order valence-electron chi connectivity index (χ3n) is 2.74. The molecule has 5 heteroatoms. The van der Waals surface area contributed by atoms with Crippen LogP contribution in [0.5, 0.6) is 0 Å².